The van der Waals surface area contributed by atoms with E-state index < -0.39 is 43.7 Å². The summed E-state index contributed by atoms with van der Waals surface area (Å²) in [6.07, 6.45) is 4.63. The van der Waals surface area contributed by atoms with Gasteiger partial charge in [0.15, 0.2) is 0 Å². The second kappa shape index (κ2) is 11.8. The smallest absolute Gasteiger partial charge is 0.307 e. The quantitative estimate of drug-likeness (QED) is 0.579. The highest BCUT2D eigenvalue weighted by Gasteiger charge is 2.31. The Labute approximate surface area is 204 Å². The van der Waals surface area contributed by atoms with Gasteiger partial charge in [0.2, 0.25) is 26.0 Å². The Bertz CT molecular complexity index is 1120. The van der Waals surface area contributed by atoms with Crippen molar-refractivity contribution in [3.05, 3.63) is 29.0 Å². The van der Waals surface area contributed by atoms with E-state index in [9.17, 15) is 30.8 Å². The molecule has 2 heterocycles. The zero-order chi connectivity index (χ0) is 25.7. The van der Waals surface area contributed by atoms with Gasteiger partial charge < -0.3 is 10.4 Å². The molecule has 0 unspecified atom stereocenters. The van der Waals surface area contributed by atoms with Crippen LogP contribution in [0, 0.1) is 17.7 Å². The van der Waals surface area contributed by atoms with Crippen molar-refractivity contribution >= 4 is 49.2 Å². The Hall–Kier alpha value is -1.80. The molecule has 192 valence electrons. The fourth-order valence-corrected chi connectivity index (χ4v) is 5.73. The van der Waals surface area contributed by atoms with Gasteiger partial charge in [-0.25, -0.2) is 29.8 Å². The summed E-state index contributed by atoms with van der Waals surface area (Å²) >= 11 is 5.78. The van der Waals surface area contributed by atoms with Crippen LogP contribution in [0.25, 0.3) is 0 Å². The number of benzene rings is 1. The van der Waals surface area contributed by atoms with Gasteiger partial charge >= 0.3 is 5.97 Å². The van der Waals surface area contributed by atoms with Gasteiger partial charge in [0, 0.05) is 26.2 Å². The molecule has 0 spiro atoms. The molecule has 14 heteroatoms. The van der Waals surface area contributed by atoms with Crippen molar-refractivity contribution in [2.24, 2.45) is 11.8 Å². The van der Waals surface area contributed by atoms with E-state index in [-0.39, 0.29) is 29.7 Å². The predicted octanol–water partition coefficient (Wildman–Crippen LogP) is 1.83. The fraction of sp³-hybridized carbons (Fsp3) is 0.600. The number of sulfonamides is 2. The number of nitrogens with zero attached hydrogens (tertiary/aromatic N) is 2. The molecule has 2 fully saturated rings. The van der Waals surface area contributed by atoms with Gasteiger partial charge in [-0.3, -0.25) is 9.59 Å². The Kier molecular flexibility index (Phi) is 9.83. The normalized spacial score (nSPS) is 22.4. The fourth-order valence-electron chi connectivity index (χ4n) is 3.74. The third kappa shape index (κ3) is 8.15. The Balaban J connectivity index is 0.000000270. The average Bonchev–Trinajstić information content (AvgIpc) is 2.76. The summed E-state index contributed by atoms with van der Waals surface area (Å²) < 4.78 is 61.1. The molecule has 2 N–H and O–H groups in total. The summed E-state index contributed by atoms with van der Waals surface area (Å²) in [6.45, 7) is 1.12. The van der Waals surface area contributed by atoms with E-state index in [2.05, 4.69) is 5.32 Å². The molecule has 2 aliphatic rings. The minimum atomic E-state index is -3.31. The van der Waals surface area contributed by atoms with Gasteiger partial charge in [-0.1, -0.05) is 17.7 Å². The molecule has 2 saturated heterocycles. The number of anilines is 1. The van der Waals surface area contributed by atoms with Gasteiger partial charge in [0.05, 0.1) is 35.1 Å². The lowest BCUT2D eigenvalue weighted by atomic mass is 9.98. The van der Waals surface area contributed by atoms with Crippen molar-refractivity contribution in [3.63, 3.8) is 0 Å². The molecular weight excluding hydrogens is 513 g/mol. The number of hydrogen-bond donors (Lipinski definition) is 2. The topological polar surface area (TPSA) is 141 Å². The number of carboxylic acids is 1. The molecule has 1 amide bonds. The molecular formula is C20H29ClFN3O7S2. The van der Waals surface area contributed by atoms with Crippen molar-refractivity contribution < 1.29 is 35.9 Å². The van der Waals surface area contributed by atoms with E-state index in [4.69, 9.17) is 16.7 Å². The Morgan fingerprint density at radius 2 is 1.50 bits per heavy atom. The number of carboxylic acid groups (broad SMARTS) is 1. The van der Waals surface area contributed by atoms with E-state index in [1.165, 1.54) is 26.8 Å². The molecule has 1 aromatic rings. The highest BCUT2D eigenvalue weighted by molar-refractivity contribution is 7.88. The number of aliphatic carboxylic acids is 1. The maximum atomic E-state index is 13.3. The van der Waals surface area contributed by atoms with Crippen molar-refractivity contribution in [2.75, 3.05) is 44.0 Å². The Morgan fingerprint density at radius 3 is 2.00 bits per heavy atom. The maximum absolute atomic E-state index is 13.3. The third-order valence-electron chi connectivity index (χ3n) is 5.64. The Morgan fingerprint density at radius 1 is 1.00 bits per heavy atom. The summed E-state index contributed by atoms with van der Waals surface area (Å²) in [5.41, 5.74) is 0.193. The van der Waals surface area contributed by atoms with Crippen LogP contribution in [0.2, 0.25) is 5.02 Å². The van der Waals surface area contributed by atoms with Crippen LogP contribution < -0.4 is 5.32 Å². The summed E-state index contributed by atoms with van der Waals surface area (Å²) in [5, 5.41) is 11.1. The zero-order valence-corrected chi connectivity index (χ0v) is 21.3. The van der Waals surface area contributed by atoms with Crippen molar-refractivity contribution in [1.29, 1.82) is 0 Å². The standard InChI is InChI=1S/C13H16ClFN2O3S.C7H13NO4S/c1-21(19,20)17-7-3-4-9(8-17)13(18)16-11-6-2-5-10(15)12(11)14;1-13(11,12)8-4-2-3-6(5-8)7(9)10/h2,5-6,9H,3-4,7-8H2,1H3,(H,16,18);6H,2-5H2,1H3,(H,9,10)/t9-;6-/m00/s1. The van der Waals surface area contributed by atoms with Crippen molar-refractivity contribution in [3.8, 4) is 0 Å². The van der Waals surface area contributed by atoms with Crippen molar-refractivity contribution in [2.45, 2.75) is 25.7 Å². The number of piperidine rings is 2. The van der Waals surface area contributed by atoms with E-state index >= 15 is 0 Å². The van der Waals surface area contributed by atoms with Crippen LogP contribution in [0.5, 0.6) is 0 Å². The van der Waals surface area contributed by atoms with E-state index in [0.717, 1.165) is 12.5 Å². The van der Waals surface area contributed by atoms with Crippen LogP contribution in [0.15, 0.2) is 18.2 Å². The molecule has 10 nitrogen and oxygen atoms in total. The first-order valence-electron chi connectivity index (χ1n) is 10.6. The minimum Gasteiger partial charge on any atom is -0.481 e. The van der Waals surface area contributed by atoms with Gasteiger partial charge in [0.25, 0.3) is 0 Å². The number of rotatable bonds is 5. The maximum Gasteiger partial charge on any atom is 0.307 e. The lowest BCUT2D eigenvalue weighted by Crippen LogP contribution is -2.43. The van der Waals surface area contributed by atoms with Gasteiger partial charge in [0.1, 0.15) is 5.82 Å². The van der Waals surface area contributed by atoms with Crippen molar-refractivity contribution in [1.82, 2.24) is 8.61 Å². The van der Waals surface area contributed by atoms with Crippen LogP contribution in [0.3, 0.4) is 0 Å². The molecule has 1 aromatic carbocycles. The summed E-state index contributed by atoms with van der Waals surface area (Å²) in [7, 11) is -6.54. The minimum absolute atomic E-state index is 0.119. The number of carbonyl (C=O) groups is 2. The molecule has 2 atom stereocenters. The predicted molar refractivity (Wildman–Crippen MR) is 126 cm³/mol. The summed E-state index contributed by atoms with van der Waals surface area (Å²) in [5.74, 6) is -2.88. The molecule has 0 radical (unpaired) electrons. The molecule has 2 aliphatic heterocycles. The van der Waals surface area contributed by atoms with Gasteiger partial charge in [-0.05, 0) is 37.8 Å². The van der Waals surface area contributed by atoms with Crippen LogP contribution in [0.1, 0.15) is 25.7 Å². The van der Waals surface area contributed by atoms with E-state index in [0.29, 0.717) is 38.8 Å². The van der Waals surface area contributed by atoms with E-state index in [1.54, 1.807) is 0 Å². The number of carbonyl (C=O) groups excluding carboxylic acids is 1. The number of nitrogens with one attached hydrogen (secondary N) is 1. The molecule has 34 heavy (non-hydrogen) atoms. The summed E-state index contributed by atoms with van der Waals surface area (Å²) in [4.78, 5) is 22.8. The van der Waals surface area contributed by atoms with Gasteiger partial charge in [-0.2, -0.15) is 0 Å². The lowest BCUT2D eigenvalue weighted by molar-refractivity contribution is -0.142. The number of amides is 1. The first kappa shape index (κ1) is 28.4. The number of hydrogen-bond acceptors (Lipinski definition) is 6. The third-order valence-corrected chi connectivity index (χ3v) is 8.56. The lowest BCUT2D eigenvalue weighted by Gasteiger charge is -2.30. The molecule has 3 rings (SSSR count). The largest absolute Gasteiger partial charge is 0.481 e. The monoisotopic (exact) mass is 541 g/mol. The summed E-state index contributed by atoms with van der Waals surface area (Å²) in [6, 6.07) is 4.14. The molecule has 0 aliphatic carbocycles. The molecule has 0 aromatic heterocycles. The first-order valence-corrected chi connectivity index (χ1v) is 14.7. The van der Waals surface area contributed by atoms with Gasteiger partial charge in [-0.15, -0.1) is 0 Å². The highest BCUT2D eigenvalue weighted by atomic mass is 35.5. The second-order valence-electron chi connectivity index (χ2n) is 8.35. The first-order chi connectivity index (χ1) is 15.7. The second-order valence-corrected chi connectivity index (χ2v) is 12.7. The molecule has 0 saturated carbocycles. The number of halogens is 2. The van der Waals surface area contributed by atoms with Crippen LogP contribution >= 0.6 is 11.6 Å². The zero-order valence-electron chi connectivity index (χ0n) is 18.9. The van der Waals surface area contributed by atoms with E-state index in [1.807, 2.05) is 0 Å². The SMILES string of the molecule is CS(=O)(=O)N1CCC[C@H](C(=O)Nc2cccc(F)c2Cl)C1.CS(=O)(=O)N1CCC[C@H](C(=O)O)C1. The highest BCUT2D eigenvalue weighted by Crippen LogP contribution is 2.26. The van der Waals surface area contributed by atoms with Crippen LogP contribution in [0.4, 0.5) is 10.1 Å². The van der Waals surface area contributed by atoms with Crippen LogP contribution in [-0.2, 0) is 29.6 Å². The average molecular weight is 542 g/mol. The molecule has 0 bridgehead atoms. The van der Waals surface area contributed by atoms with Crippen LogP contribution in [-0.4, -0.2) is 81.1 Å².